The molecule has 3 aromatic heterocycles. The SMILES string of the molecule is O=C1NCCc2[nH]c(-c3ccnc(-c4cnc5ccccc5c4Cl)n3)cc21. The van der Waals surface area contributed by atoms with Crippen LogP contribution in [-0.4, -0.2) is 32.4 Å². The lowest BCUT2D eigenvalue weighted by atomic mass is 10.1. The van der Waals surface area contributed by atoms with Crippen molar-refractivity contribution in [2.75, 3.05) is 6.54 Å². The van der Waals surface area contributed by atoms with E-state index in [2.05, 4.69) is 25.3 Å². The number of amides is 1. The first kappa shape index (κ1) is 16.0. The summed E-state index contributed by atoms with van der Waals surface area (Å²) < 4.78 is 0. The van der Waals surface area contributed by atoms with Crippen molar-refractivity contribution in [2.45, 2.75) is 6.42 Å². The van der Waals surface area contributed by atoms with E-state index in [1.165, 1.54) is 0 Å². The lowest BCUT2D eigenvalue weighted by Gasteiger charge is -2.10. The highest BCUT2D eigenvalue weighted by Crippen LogP contribution is 2.32. The van der Waals surface area contributed by atoms with Gasteiger partial charge in [0.25, 0.3) is 5.91 Å². The standard InChI is InChI=1S/C20H14ClN5O/c21-18-11-3-1-2-4-14(11)24-10-13(18)19-22-7-6-16(26-19)17-9-12-15(25-17)5-8-23-20(12)27/h1-4,6-7,9-10,25H,5,8H2,(H,23,27). The fourth-order valence-electron chi connectivity index (χ4n) is 3.33. The fourth-order valence-corrected chi connectivity index (χ4v) is 3.63. The minimum atomic E-state index is -0.0604. The average Bonchev–Trinajstić information content (AvgIpc) is 3.15. The molecule has 0 saturated heterocycles. The van der Waals surface area contributed by atoms with Gasteiger partial charge in [-0.1, -0.05) is 29.8 Å². The van der Waals surface area contributed by atoms with E-state index in [1.807, 2.05) is 30.3 Å². The van der Waals surface area contributed by atoms with Crippen molar-refractivity contribution in [1.29, 1.82) is 0 Å². The predicted molar refractivity (Wildman–Crippen MR) is 104 cm³/mol. The topological polar surface area (TPSA) is 83.6 Å². The number of pyridine rings is 1. The van der Waals surface area contributed by atoms with Crippen LogP contribution in [0.25, 0.3) is 33.7 Å². The summed E-state index contributed by atoms with van der Waals surface area (Å²) >= 11 is 6.60. The van der Waals surface area contributed by atoms with Gasteiger partial charge in [-0.05, 0) is 18.2 Å². The Labute approximate surface area is 159 Å². The second kappa shape index (κ2) is 6.17. The smallest absolute Gasteiger partial charge is 0.253 e. The highest BCUT2D eigenvalue weighted by atomic mass is 35.5. The zero-order valence-electron chi connectivity index (χ0n) is 14.2. The van der Waals surface area contributed by atoms with Crippen LogP contribution in [-0.2, 0) is 6.42 Å². The van der Waals surface area contributed by atoms with E-state index in [1.54, 1.807) is 18.5 Å². The van der Waals surface area contributed by atoms with Crippen LogP contribution in [0, 0.1) is 0 Å². The van der Waals surface area contributed by atoms with Gasteiger partial charge in [0.1, 0.15) is 0 Å². The molecule has 0 bridgehead atoms. The highest BCUT2D eigenvalue weighted by Gasteiger charge is 2.21. The first-order valence-electron chi connectivity index (χ1n) is 8.58. The van der Waals surface area contributed by atoms with Crippen molar-refractivity contribution >= 4 is 28.4 Å². The third-order valence-electron chi connectivity index (χ3n) is 4.69. The first-order chi connectivity index (χ1) is 13.2. The monoisotopic (exact) mass is 375 g/mol. The van der Waals surface area contributed by atoms with Gasteiger partial charge in [0.15, 0.2) is 5.82 Å². The first-order valence-corrected chi connectivity index (χ1v) is 8.95. The van der Waals surface area contributed by atoms with Crippen molar-refractivity contribution < 1.29 is 4.79 Å². The zero-order chi connectivity index (χ0) is 18.4. The fraction of sp³-hybridized carbons (Fsp3) is 0.100. The second-order valence-electron chi connectivity index (χ2n) is 6.35. The summed E-state index contributed by atoms with van der Waals surface area (Å²) in [5, 5.41) is 4.28. The molecule has 0 saturated carbocycles. The Bertz CT molecular complexity index is 1200. The number of nitrogens with one attached hydrogen (secondary N) is 2. The maximum Gasteiger partial charge on any atom is 0.253 e. The molecule has 2 N–H and O–H groups in total. The van der Waals surface area contributed by atoms with E-state index in [-0.39, 0.29) is 5.91 Å². The van der Waals surface area contributed by atoms with Gasteiger partial charge in [0.05, 0.1) is 33.1 Å². The maximum atomic E-state index is 12.0. The number of aromatic amines is 1. The number of nitrogens with zero attached hydrogens (tertiary/aromatic N) is 3. The highest BCUT2D eigenvalue weighted by molar-refractivity contribution is 6.37. The predicted octanol–water partition coefficient (Wildman–Crippen LogP) is 3.63. The number of carbonyl (C=O) groups excluding carboxylic acids is 1. The van der Waals surface area contributed by atoms with E-state index < -0.39 is 0 Å². The van der Waals surface area contributed by atoms with Crippen LogP contribution >= 0.6 is 11.6 Å². The Balaban J connectivity index is 1.61. The summed E-state index contributed by atoms with van der Waals surface area (Å²) in [6, 6.07) is 11.3. The van der Waals surface area contributed by atoms with Crippen molar-refractivity contribution in [3.63, 3.8) is 0 Å². The third kappa shape index (κ3) is 2.65. The van der Waals surface area contributed by atoms with E-state index in [0.29, 0.717) is 34.2 Å². The van der Waals surface area contributed by atoms with Gasteiger partial charge < -0.3 is 10.3 Å². The summed E-state index contributed by atoms with van der Waals surface area (Å²) in [6.45, 7) is 0.638. The minimum Gasteiger partial charge on any atom is -0.356 e. The molecule has 0 aliphatic carbocycles. The molecule has 4 aromatic rings. The van der Waals surface area contributed by atoms with Crippen LogP contribution in [0.3, 0.4) is 0 Å². The molecule has 0 atom stereocenters. The number of carbonyl (C=O) groups is 1. The van der Waals surface area contributed by atoms with Gasteiger partial charge in [0.2, 0.25) is 0 Å². The van der Waals surface area contributed by atoms with Gasteiger partial charge >= 0.3 is 0 Å². The number of halogens is 1. The number of fused-ring (bicyclic) bond motifs is 2. The lowest BCUT2D eigenvalue weighted by molar-refractivity contribution is 0.0946. The number of rotatable bonds is 2. The van der Waals surface area contributed by atoms with E-state index >= 15 is 0 Å². The number of para-hydroxylation sites is 1. The van der Waals surface area contributed by atoms with E-state index in [9.17, 15) is 4.79 Å². The van der Waals surface area contributed by atoms with E-state index in [4.69, 9.17) is 11.6 Å². The van der Waals surface area contributed by atoms with Crippen molar-refractivity contribution in [2.24, 2.45) is 0 Å². The van der Waals surface area contributed by atoms with Crippen LogP contribution in [0.15, 0.2) is 48.8 Å². The Morgan fingerprint density at radius 2 is 1.96 bits per heavy atom. The molecule has 0 radical (unpaired) electrons. The van der Waals surface area contributed by atoms with Gasteiger partial charge in [-0.25, -0.2) is 9.97 Å². The molecular formula is C20H14ClN5O. The van der Waals surface area contributed by atoms with Crippen LogP contribution in [0.5, 0.6) is 0 Å². The molecule has 6 nitrogen and oxygen atoms in total. The molecule has 5 rings (SSSR count). The minimum absolute atomic E-state index is 0.0604. The Hall–Kier alpha value is -3.25. The van der Waals surface area contributed by atoms with Crippen LogP contribution < -0.4 is 5.32 Å². The van der Waals surface area contributed by atoms with Gasteiger partial charge in [-0.15, -0.1) is 0 Å². The average molecular weight is 376 g/mol. The molecule has 1 aromatic carbocycles. The number of H-pyrrole nitrogens is 1. The Morgan fingerprint density at radius 3 is 2.85 bits per heavy atom. The third-order valence-corrected chi connectivity index (χ3v) is 5.09. The number of benzene rings is 1. The van der Waals surface area contributed by atoms with Crippen LogP contribution in [0.4, 0.5) is 0 Å². The molecular weight excluding hydrogens is 362 g/mol. The Kier molecular flexibility index (Phi) is 3.65. The number of aromatic nitrogens is 4. The summed E-state index contributed by atoms with van der Waals surface area (Å²) in [7, 11) is 0. The van der Waals surface area contributed by atoms with Crippen molar-refractivity contribution in [3.05, 3.63) is 65.1 Å². The van der Waals surface area contributed by atoms with Gasteiger partial charge in [0, 0.05) is 36.4 Å². The molecule has 0 fully saturated rings. The number of hydrogen-bond acceptors (Lipinski definition) is 4. The molecule has 132 valence electrons. The molecule has 0 unspecified atom stereocenters. The van der Waals surface area contributed by atoms with Crippen molar-refractivity contribution in [1.82, 2.24) is 25.3 Å². The quantitative estimate of drug-likeness (QED) is 0.560. The largest absolute Gasteiger partial charge is 0.356 e. The molecule has 0 spiro atoms. The molecule has 1 amide bonds. The lowest BCUT2D eigenvalue weighted by Crippen LogP contribution is -2.31. The van der Waals surface area contributed by atoms with Crippen LogP contribution in [0.2, 0.25) is 5.02 Å². The normalized spacial score (nSPS) is 13.4. The Morgan fingerprint density at radius 1 is 1.07 bits per heavy atom. The van der Waals surface area contributed by atoms with Gasteiger partial charge in [-0.3, -0.25) is 9.78 Å². The molecule has 1 aliphatic heterocycles. The molecule has 4 heterocycles. The summed E-state index contributed by atoms with van der Waals surface area (Å²) in [6.07, 6.45) is 4.15. The summed E-state index contributed by atoms with van der Waals surface area (Å²) in [4.78, 5) is 28.8. The summed E-state index contributed by atoms with van der Waals surface area (Å²) in [5.41, 5.74) is 4.58. The van der Waals surface area contributed by atoms with Crippen molar-refractivity contribution in [3.8, 4) is 22.8 Å². The molecule has 7 heteroatoms. The molecule has 27 heavy (non-hydrogen) atoms. The molecule has 1 aliphatic rings. The van der Waals surface area contributed by atoms with Gasteiger partial charge in [-0.2, -0.15) is 0 Å². The number of hydrogen-bond donors (Lipinski definition) is 2. The summed E-state index contributed by atoms with van der Waals surface area (Å²) in [5.74, 6) is 0.433. The van der Waals surface area contributed by atoms with Crippen LogP contribution in [0.1, 0.15) is 16.1 Å². The zero-order valence-corrected chi connectivity index (χ0v) is 14.9. The second-order valence-corrected chi connectivity index (χ2v) is 6.73. The van der Waals surface area contributed by atoms with E-state index in [0.717, 1.165) is 28.7 Å². The maximum absolute atomic E-state index is 12.0.